The number of hydrogen-bond acceptors (Lipinski definition) is 2. The first-order chi connectivity index (χ1) is 7.00. The minimum absolute atomic E-state index is 0.0764. The van der Waals surface area contributed by atoms with Crippen LogP contribution in [0.4, 0.5) is 4.39 Å². The lowest BCUT2D eigenvalue weighted by atomic mass is 10.1. The normalized spacial score (nSPS) is 9.07. The van der Waals surface area contributed by atoms with Crippen LogP contribution in [0.5, 0.6) is 0 Å². The highest BCUT2D eigenvalue weighted by Gasteiger charge is 2.06. The molecule has 78 valence electrons. The maximum atomic E-state index is 12.8. The van der Waals surface area contributed by atoms with E-state index in [1.165, 1.54) is 12.1 Å². The minimum atomic E-state index is -0.547. The lowest BCUT2D eigenvalue weighted by molar-refractivity contribution is 0.105. The lowest BCUT2D eigenvalue weighted by Crippen LogP contribution is -2.03. The molecule has 0 aliphatic rings. The van der Waals surface area contributed by atoms with Crippen molar-refractivity contribution in [3.05, 3.63) is 34.6 Å². The van der Waals surface area contributed by atoms with Crippen molar-refractivity contribution in [3.63, 3.8) is 0 Å². The van der Waals surface area contributed by atoms with Crippen molar-refractivity contribution >= 4 is 17.4 Å². The predicted molar refractivity (Wildman–Crippen MR) is 57.2 cm³/mol. The third-order valence-electron chi connectivity index (χ3n) is 1.57. The molecule has 0 radical (unpaired) electrons. The standard InChI is InChI=1S/C11H9ClFNO/c1-14(2)6-5-11(15)8-3-4-10(13)9(12)7-8/h3-4,7H,1-2H3. The predicted octanol–water partition coefficient (Wildman–Crippen LogP) is 2.18. The molecule has 0 N–H and O–H groups in total. The van der Waals surface area contributed by atoms with Crippen molar-refractivity contribution in [2.45, 2.75) is 0 Å². The molecule has 4 heteroatoms. The Bertz CT molecular complexity index is 446. The number of nitrogens with zero attached hydrogens (tertiary/aromatic N) is 1. The molecule has 0 spiro atoms. The van der Waals surface area contributed by atoms with E-state index in [0.29, 0.717) is 0 Å². The highest BCUT2D eigenvalue weighted by atomic mass is 35.5. The number of ketones is 1. The van der Waals surface area contributed by atoms with Gasteiger partial charge in [0.15, 0.2) is 0 Å². The van der Waals surface area contributed by atoms with Gasteiger partial charge < -0.3 is 4.90 Å². The highest BCUT2D eigenvalue weighted by molar-refractivity contribution is 6.31. The summed E-state index contributed by atoms with van der Waals surface area (Å²) < 4.78 is 12.8. The number of Topliss-reactive ketones (excluding diaryl/α,β-unsaturated/α-hetero) is 1. The first kappa shape index (κ1) is 11.5. The minimum Gasteiger partial charge on any atom is -0.338 e. The quantitative estimate of drug-likeness (QED) is 0.415. The van der Waals surface area contributed by atoms with E-state index in [0.717, 1.165) is 6.07 Å². The molecule has 1 rings (SSSR count). The van der Waals surface area contributed by atoms with Crippen molar-refractivity contribution < 1.29 is 9.18 Å². The second-order valence-corrected chi connectivity index (χ2v) is 3.50. The summed E-state index contributed by atoms with van der Waals surface area (Å²) in [5, 5.41) is -0.0764. The van der Waals surface area contributed by atoms with Gasteiger partial charge in [0.05, 0.1) is 5.02 Å². The molecule has 0 fully saturated rings. The number of rotatable bonds is 1. The summed E-state index contributed by atoms with van der Waals surface area (Å²) in [6.45, 7) is 0. The van der Waals surface area contributed by atoms with Gasteiger partial charge in [-0.05, 0) is 24.1 Å². The molecule has 0 amide bonds. The van der Waals surface area contributed by atoms with Crippen LogP contribution in [0.25, 0.3) is 0 Å². The van der Waals surface area contributed by atoms with Crippen molar-refractivity contribution in [1.82, 2.24) is 4.90 Å². The number of benzene rings is 1. The van der Waals surface area contributed by atoms with Gasteiger partial charge in [-0.25, -0.2) is 4.39 Å². The molecule has 2 nitrogen and oxygen atoms in total. The van der Waals surface area contributed by atoms with Crippen LogP contribution in [0.1, 0.15) is 10.4 Å². The molecule has 0 saturated heterocycles. The summed E-state index contributed by atoms with van der Waals surface area (Å²) in [5.74, 6) is 1.47. The average molecular weight is 226 g/mol. The van der Waals surface area contributed by atoms with Crippen molar-refractivity contribution in [2.75, 3.05) is 14.1 Å². The van der Waals surface area contributed by atoms with Crippen LogP contribution in [0, 0.1) is 17.8 Å². The summed E-state index contributed by atoms with van der Waals surface area (Å²) in [6, 6.07) is 6.34. The van der Waals surface area contributed by atoms with Crippen LogP contribution in [0.15, 0.2) is 18.2 Å². The van der Waals surface area contributed by atoms with Crippen molar-refractivity contribution in [1.29, 1.82) is 0 Å². The van der Waals surface area contributed by atoms with E-state index in [-0.39, 0.29) is 16.4 Å². The zero-order chi connectivity index (χ0) is 11.4. The Balaban J connectivity index is 2.94. The number of carbonyl (C=O) groups excluding carboxylic acids is 1. The van der Waals surface area contributed by atoms with Crippen LogP contribution >= 0.6 is 11.6 Å². The van der Waals surface area contributed by atoms with Crippen LogP contribution in [0.3, 0.4) is 0 Å². The third-order valence-corrected chi connectivity index (χ3v) is 1.86. The molecule has 15 heavy (non-hydrogen) atoms. The molecular formula is C11H9ClFNO. The molecule has 0 unspecified atom stereocenters. The fourth-order valence-corrected chi connectivity index (χ4v) is 1.05. The lowest BCUT2D eigenvalue weighted by Gasteiger charge is -1.98. The van der Waals surface area contributed by atoms with E-state index >= 15 is 0 Å². The van der Waals surface area contributed by atoms with E-state index in [4.69, 9.17) is 11.6 Å². The Morgan fingerprint density at radius 2 is 2.13 bits per heavy atom. The smallest absolute Gasteiger partial charge is 0.237 e. The Morgan fingerprint density at radius 1 is 1.47 bits per heavy atom. The molecular weight excluding hydrogens is 217 g/mol. The zero-order valence-electron chi connectivity index (χ0n) is 8.34. The maximum Gasteiger partial charge on any atom is 0.237 e. The van der Waals surface area contributed by atoms with Gasteiger partial charge in [0, 0.05) is 25.7 Å². The van der Waals surface area contributed by atoms with Gasteiger partial charge in [0.2, 0.25) is 5.78 Å². The number of carbonyl (C=O) groups is 1. The first-order valence-electron chi connectivity index (χ1n) is 4.19. The molecule has 0 bridgehead atoms. The van der Waals surface area contributed by atoms with Gasteiger partial charge in [0.1, 0.15) is 5.82 Å². The van der Waals surface area contributed by atoms with Gasteiger partial charge in [-0.1, -0.05) is 11.6 Å². The van der Waals surface area contributed by atoms with E-state index in [2.05, 4.69) is 12.0 Å². The Morgan fingerprint density at radius 3 is 2.67 bits per heavy atom. The van der Waals surface area contributed by atoms with Gasteiger partial charge in [-0.15, -0.1) is 0 Å². The largest absolute Gasteiger partial charge is 0.338 e. The summed E-state index contributed by atoms with van der Waals surface area (Å²) in [5.41, 5.74) is 0.288. The van der Waals surface area contributed by atoms with E-state index < -0.39 is 5.82 Å². The molecule has 0 aliphatic carbocycles. The molecule has 1 aromatic carbocycles. The van der Waals surface area contributed by atoms with Crippen LogP contribution in [-0.4, -0.2) is 24.8 Å². The van der Waals surface area contributed by atoms with E-state index in [1.54, 1.807) is 19.0 Å². The Labute approximate surface area is 92.6 Å². The Kier molecular flexibility index (Phi) is 3.70. The third kappa shape index (κ3) is 3.26. The van der Waals surface area contributed by atoms with E-state index in [9.17, 15) is 9.18 Å². The summed E-state index contributed by atoms with van der Waals surface area (Å²) in [6.07, 6.45) is 0. The van der Waals surface area contributed by atoms with Crippen molar-refractivity contribution in [2.24, 2.45) is 0 Å². The zero-order valence-corrected chi connectivity index (χ0v) is 9.10. The van der Waals surface area contributed by atoms with Gasteiger partial charge >= 0.3 is 0 Å². The molecule has 0 aromatic heterocycles. The topological polar surface area (TPSA) is 20.3 Å². The summed E-state index contributed by atoms with van der Waals surface area (Å²) >= 11 is 5.53. The van der Waals surface area contributed by atoms with Gasteiger partial charge in [-0.3, -0.25) is 4.79 Å². The molecule has 0 atom stereocenters. The molecule has 1 aromatic rings. The summed E-state index contributed by atoms with van der Waals surface area (Å²) in [7, 11) is 3.44. The molecule has 0 saturated carbocycles. The number of halogens is 2. The summed E-state index contributed by atoms with van der Waals surface area (Å²) in [4.78, 5) is 13.0. The van der Waals surface area contributed by atoms with Crippen molar-refractivity contribution in [3.8, 4) is 12.0 Å². The Hall–Kier alpha value is -1.53. The van der Waals surface area contributed by atoms with Crippen LogP contribution in [-0.2, 0) is 0 Å². The first-order valence-corrected chi connectivity index (χ1v) is 4.57. The molecule has 0 heterocycles. The maximum absolute atomic E-state index is 12.8. The molecule has 0 aliphatic heterocycles. The van der Waals surface area contributed by atoms with Gasteiger partial charge in [0.25, 0.3) is 0 Å². The second kappa shape index (κ2) is 4.81. The number of hydrogen-bond donors (Lipinski definition) is 0. The fraction of sp³-hybridized carbons (Fsp3) is 0.182. The SMILES string of the molecule is CN(C)C#CC(=O)c1ccc(F)c(Cl)c1. The van der Waals surface area contributed by atoms with E-state index in [1.807, 2.05) is 0 Å². The van der Waals surface area contributed by atoms with Gasteiger partial charge in [-0.2, -0.15) is 0 Å². The average Bonchev–Trinajstić information content (AvgIpc) is 2.18. The van der Waals surface area contributed by atoms with Crippen LogP contribution < -0.4 is 0 Å². The van der Waals surface area contributed by atoms with Crippen LogP contribution in [0.2, 0.25) is 5.02 Å². The monoisotopic (exact) mass is 225 g/mol. The second-order valence-electron chi connectivity index (χ2n) is 3.09. The fourth-order valence-electron chi connectivity index (χ4n) is 0.872. The highest BCUT2D eigenvalue weighted by Crippen LogP contribution is 2.16.